The van der Waals surface area contributed by atoms with Gasteiger partial charge in [-0.3, -0.25) is 4.18 Å². The van der Waals surface area contributed by atoms with Crippen LogP contribution in [0.3, 0.4) is 0 Å². The number of aliphatic hydroxyl groups excluding tert-OH is 1. The van der Waals surface area contributed by atoms with Crippen molar-refractivity contribution >= 4 is 10.1 Å². The monoisotopic (exact) mass is 399 g/mol. The summed E-state index contributed by atoms with van der Waals surface area (Å²) in [5.41, 5.74) is 8.09. The van der Waals surface area contributed by atoms with Gasteiger partial charge in [-0.1, -0.05) is 22.8 Å². The van der Waals surface area contributed by atoms with Gasteiger partial charge in [0.25, 0.3) is 10.1 Å². The summed E-state index contributed by atoms with van der Waals surface area (Å²) in [7, 11) is -4.12. The van der Waals surface area contributed by atoms with Gasteiger partial charge >= 0.3 is 0 Å². The zero-order valence-corrected chi connectivity index (χ0v) is 15.9. The van der Waals surface area contributed by atoms with Crippen LogP contribution in [-0.4, -0.2) is 56.6 Å². The molecular weight excluding hydrogens is 378 g/mol. The van der Waals surface area contributed by atoms with Gasteiger partial charge in [-0.2, -0.15) is 8.42 Å². The molecule has 4 atom stereocenters. The first-order valence-electron chi connectivity index (χ1n) is 8.29. The van der Waals surface area contributed by atoms with E-state index in [1.165, 1.54) is 12.1 Å². The molecule has 2 saturated heterocycles. The van der Waals surface area contributed by atoms with Crippen molar-refractivity contribution < 1.29 is 31.9 Å². The molecule has 148 valence electrons. The molecule has 2 aliphatic heterocycles. The minimum absolute atomic E-state index is 0.0404. The van der Waals surface area contributed by atoms with Crippen molar-refractivity contribution in [1.82, 2.24) is 0 Å². The van der Waals surface area contributed by atoms with Crippen LogP contribution >= 0.6 is 0 Å². The number of aryl methyl sites for hydroxylation is 1. The molecule has 2 heterocycles. The van der Waals surface area contributed by atoms with Gasteiger partial charge in [-0.05, 0) is 38.4 Å². The van der Waals surface area contributed by atoms with E-state index < -0.39 is 53.2 Å². The van der Waals surface area contributed by atoms with E-state index in [-0.39, 0.29) is 4.90 Å². The number of benzene rings is 1. The number of rotatable bonds is 6. The van der Waals surface area contributed by atoms with Gasteiger partial charge in [0.05, 0.1) is 11.5 Å². The summed E-state index contributed by atoms with van der Waals surface area (Å²) in [4.78, 5) is 2.72. The topological polar surface area (TPSA) is 140 Å². The van der Waals surface area contributed by atoms with Crippen molar-refractivity contribution in [2.75, 3.05) is 13.2 Å². The molecule has 1 aromatic rings. The minimum Gasteiger partial charge on any atom is -0.394 e. The maximum absolute atomic E-state index is 12.5. The third kappa shape index (κ3) is 3.81. The Kier molecular flexibility index (Phi) is 5.21. The minimum atomic E-state index is -4.12. The van der Waals surface area contributed by atoms with E-state index in [9.17, 15) is 13.5 Å². The SMILES string of the molecule is Cc1ccc(S(=O)(=O)OC[C@@]2(N=[N+]=[N-])O[C@H](CO)[C@H]3OC(C)(C)O[C@H]32)cc1. The number of hydrogen-bond acceptors (Lipinski definition) is 8. The predicted octanol–water partition coefficient (Wildman–Crippen LogP) is 1.62. The van der Waals surface area contributed by atoms with E-state index >= 15 is 0 Å². The molecule has 0 bridgehead atoms. The van der Waals surface area contributed by atoms with Crippen molar-refractivity contribution in [1.29, 1.82) is 0 Å². The van der Waals surface area contributed by atoms with E-state index in [2.05, 4.69) is 10.0 Å². The molecule has 0 aromatic heterocycles. The van der Waals surface area contributed by atoms with Gasteiger partial charge in [0.1, 0.15) is 24.9 Å². The lowest BCUT2D eigenvalue weighted by Crippen LogP contribution is -2.45. The van der Waals surface area contributed by atoms with Crippen molar-refractivity contribution in [3.63, 3.8) is 0 Å². The van der Waals surface area contributed by atoms with Gasteiger partial charge in [0.2, 0.25) is 5.72 Å². The summed E-state index contributed by atoms with van der Waals surface area (Å²) in [6.07, 6.45) is -2.53. The van der Waals surface area contributed by atoms with E-state index in [0.717, 1.165) is 5.56 Å². The van der Waals surface area contributed by atoms with E-state index in [1.54, 1.807) is 26.0 Å². The Labute approximate surface area is 156 Å². The maximum Gasteiger partial charge on any atom is 0.297 e. The highest BCUT2D eigenvalue weighted by Gasteiger charge is 2.63. The Morgan fingerprint density at radius 3 is 2.52 bits per heavy atom. The standard InChI is InChI=1S/C16H21N3O7S/c1-10-4-6-11(7-5-10)27(21,22)23-9-16(18-19-17)14-13(12(8-20)24-16)25-15(2,3)26-14/h4-7,12-14,20H,8-9H2,1-3H3/t12-,13-,14-,16-/m1/s1. The van der Waals surface area contributed by atoms with Crippen molar-refractivity contribution in [2.45, 2.75) is 55.5 Å². The van der Waals surface area contributed by atoms with Crippen LogP contribution in [0.4, 0.5) is 0 Å². The second-order valence-corrected chi connectivity index (χ2v) is 8.54. The third-order valence-electron chi connectivity index (χ3n) is 4.42. The molecule has 1 aromatic carbocycles. The first kappa shape index (κ1) is 20.0. The Bertz CT molecular complexity index is 851. The Balaban J connectivity index is 1.87. The zero-order valence-electron chi connectivity index (χ0n) is 15.1. The average Bonchev–Trinajstić information content (AvgIpc) is 3.06. The Morgan fingerprint density at radius 1 is 1.26 bits per heavy atom. The van der Waals surface area contributed by atoms with Crippen molar-refractivity contribution in [3.8, 4) is 0 Å². The van der Waals surface area contributed by atoms with Crippen LogP contribution in [0.1, 0.15) is 19.4 Å². The molecule has 27 heavy (non-hydrogen) atoms. The Morgan fingerprint density at radius 2 is 1.93 bits per heavy atom. The molecule has 11 heteroatoms. The fourth-order valence-electron chi connectivity index (χ4n) is 3.18. The highest BCUT2D eigenvalue weighted by atomic mass is 32.2. The number of nitrogens with zero attached hydrogens (tertiary/aromatic N) is 3. The summed E-state index contributed by atoms with van der Waals surface area (Å²) in [5, 5.41) is 13.2. The smallest absolute Gasteiger partial charge is 0.297 e. The number of fused-ring (bicyclic) bond motifs is 1. The fraction of sp³-hybridized carbons (Fsp3) is 0.625. The zero-order chi connectivity index (χ0) is 19.9. The predicted molar refractivity (Wildman–Crippen MR) is 92.0 cm³/mol. The summed E-state index contributed by atoms with van der Waals surface area (Å²) in [6.45, 7) is 4.10. The number of azide groups is 1. The number of aliphatic hydroxyl groups is 1. The lowest BCUT2D eigenvalue weighted by atomic mass is 10.0. The molecule has 0 aliphatic carbocycles. The molecular formula is C16H21N3O7S. The van der Waals surface area contributed by atoms with Gasteiger partial charge in [0, 0.05) is 4.91 Å². The second-order valence-electron chi connectivity index (χ2n) is 6.92. The van der Waals surface area contributed by atoms with Crippen LogP contribution in [0.15, 0.2) is 34.3 Å². The van der Waals surface area contributed by atoms with Crippen LogP contribution < -0.4 is 0 Å². The highest BCUT2D eigenvalue weighted by molar-refractivity contribution is 7.86. The van der Waals surface area contributed by atoms with Crippen molar-refractivity contribution in [2.24, 2.45) is 5.11 Å². The first-order chi connectivity index (χ1) is 12.6. The van der Waals surface area contributed by atoms with Gasteiger partial charge in [0.15, 0.2) is 5.79 Å². The number of hydrogen-bond donors (Lipinski definition) is 1. The molecule has 0 unspecified atom stereocenters. The molecule has 0 radical (unpaired) electrons. The molecule has 3 rings (SSSR count). The third-order valence-corrected chi connectivity index (χ3v) is 5.70. The molecule has 2 aliphatic rings. The molecule has 0 saturated carbocycles. The fourth-order valence-corrected chi connectivity index (χ4v) is 4.11. The number of ether oxygens (including phenoxy) is 3. The quantitative estimate of drug-likeness (QED) is 0.332. The maximum atomic E-state index is 12.5. The van der Waals surface area contributed by atoms with Crippen LogP contribution in [0, 0.1) is 6.92 Å². The molecule has 1 N–H and O–H groups in total. The van der Waals surface area contributed by atoms with Gasteiger partial charge in [-0.25, -0.2) is 0 Å². The lowest BCUT2D eigenvalue weighted by molar-refractivity contribution is -0.216. The highest BCUT2D eigenvalue weighted by Crippen LogP contribution is 2.45. The lowest BCUT2D eigenvalue weighted by Gasteiger charge is -2.30. The van der Waals surface area contributed by atoms with E-state index in [1.807, 2.05) is 6.92 Å². The molecule has 10 nitrogen and oxygen atoms in total. The summed E-state index contributed by atoms with van der Waals surface area (Å²) >= 11 is 0. The first-order valence-corrected chi connectivity index (χ1v) is 9.70. The van der Waals surface area contributed by atoms with Crippen LogP contribution in [0.2, 0.25) is 0 Å². The largest absolute Gasteiger partial charge is 0.394 e. The summed E-state index contributed by atoms with van der Waals surface area (Å²) in [5.74, 6) is -1.02. The van der Waals surface area contributed by atoms with Gasteiger partial charge < -0.3 is 19.3 Å². The Hall–Kier alpha value is -1.72. The van der Waals surface area contributed by atoms with Crippen LogP contribution in [0.25, 0.3) is 10.4 Å². The van der Waals surface area contributed by atoms with Crippen molar-refractivity contribution in [3.05, 3.63) is 40.3 Å². The van der Waals surface area contributed by atoms with E-state index in [0.29, 0.717) is 0 Å². The van der Waals surface area contributed by atoms with Crippen LogP contribution in [-0.2, 0) is 28.5 Å². The molecule has 0 amide bonds. The summed E-state index contributed by atoms with van der Waals surface area (Å²) in [6, 6.07) is 6.11. The van der Waals surface area contributed by atoms with Gasteiger partial charge in [-0.15, -0.1) is 0 Å². The normalized spacial score (nSPS) is 32.1. The average molecular weight is 399 g/mol. The molecule has 0 spiro atoms. The second kappa shape index (κ2) is 7.02. The molecule has 2 fully saturated rings. The van der Waals surface area contributed by atoms with Crippen LogP contribution in [0.5, 0.6) is 0 Å². The van der Waals surface area contributed by atoms with E-state index in [4.69, 9.17) is 23.9 Å². The summed E-state index contributed by atoms with van der Waals surface area (Å²) < 4.78 is 47.2.